The second-order valence-corrected chi connectivity index (χ2v) is 9.37. The van der Waals surface area contributed by atoms with Crippen LogP contribution in [0.2, 0.25) is 0 Å². The maximum absolute atomic E-state index is 4.67. The molecule has 2 rings (SSSR count). The average Bonchev–Trinajstić information content (AvgIpc) is 2.81. The van der Waals surface area contributed by atoms with Gasteiger partial charge in [0.15, 0.2) is 5.82 Å². The minimum atomic E-state index is 0.546. The van der Waals surface area contributed by atoms with Gasteiger partial charge in [0.05, 0.1) is 0 Å². The smallest absolute Gasteiger partial charge is 0.159 e. The molecule has 0 aliphatic carbocycles. The normalized spacial score (nSPS) is 12.2. The van der Waals surface area contributed by atoms with Gasteiger partial charge in [-0.15, -0.1) is 0 Å². The van der Waals surface area contributed by atoms with Gasteiger partial charge in [0.25, 0.3) is 0 Å². The molecule has 172 valence electrons. The fourth-order valence-electron chi connectivity index (χ4n) is 4.25. The lowest BCUT2D eigenvalue weighted by Gasteiger charge is -2.11. The van der Waals surface area contributed by atoms with E-state index in [1.54, 1.807) is 0 Å². The first-order chi connectivity index (χ1) is 15.2. The van der Waals surface area contributed by atoms with Gasteiger partial charge in [0.2, 0.25) is 0 Å². The molecule has 2 nitrogen and oxygen atoms in total. The molecular weight excluding hydrogens is 376 g/mol. The van der Waals surface area contributed by atoms with Crippen molar-refractivity contribution in [2.24, 2.45) is 0 Å². The van der Waals surface area contributed by atoms with E-state index in [9.17, 15) is 0 Å². The Morgan fingerprint density at radius 3 is 1.74 bits per heavy atom. The highest BCUT2D eigenvalue weighted by molar-refractivity contribution is 5.55. The van der Waals surface area contributed by atoms with Crippen LogP contribution in [0, 0.1) is 0 Å². The van der Waals surface area contributed by atoms with Crippen LogP contribution in [0.4, 0.5) is 0 Å². The van der Waals surface area contributed by atoms with Crippen LogP contribution >= 0.6 is 0 Å². The third kappa shape index (κ3) is 10.4. The lowest BCUT2D eigenvalue weighted by molar-refractivity contribution is 0.555. The molecule has 1 unspecified atom stereocenters. The van der Waals surface area contributed by atoms with Gasteiger partial charge in [-0.05, 0) is 36.3 Å². The van der Waals surface area contributed by atoms with Gasteiger partial charge in [0.1, 0.15) is 0 Å². The summed E-state index contributed by atoms with van der Waals surface area (Å²) in [6.45, 7) is 6.86. The van der Waals surface area contributed by atoms with Crippen molar-refractivity contribution in [2.75, 3.05) is 0 Å². The number of hydrogen-bond acceptors (Lipinski definition) is 2. The van der Waals surface area contributed by atoms with Crippen LogP contribution < -0.4 is 0 Å². The van der Waals surface area contributed by atoms with Crippen molar-refractivity contribution in [1.29, 1.82) is 0 Å². The quantitative estimate of drug-likeness (QED) is 0.237. The fourth-order valence-corrected chi connectivity index (χ4v) is 4.25. The summed E-state index contributed by atoms with van der Waals surface area (Å²) in [5.41, 5.74) is 3.83. The Kier molecular flexibility index (Phi) is 13.2. The summed E-state index contributed by atoms with van der Waals surface area (Å²) >= 11 is 0. The number of rotatable bonds is 17. The summed E-state index contributed by atoms with van der Waals surface area (Å²) < 4.78 is 0. The highest BCUT2D eigenvalue weighted by Crippen LogP contribution is 2.23. The summed E-state index contributed by atoms with van der Waals surface area (Å²) in [7, 11) is 0. The molecule has 0 spiro atoms. The Hall–Kier alpha value is -1.70. The molecular formula is C29H46N2. The van der Waals surface area contributed by atoms with E-state index >= 15 is 0 Å². The highest BCUT2D eigenvalue weighted by Gasteiger charge is 2.08. The van der Waals surface area contributed by atoms with Crippen molar-refractivity contribution in [3.8, 4) is 11.4 Å². The Morgan fingerprint density at radius 1 is 0.645 bits per heavy atom. The largest absolute Gasteiger partial charge is 0.236 e. The van der Waals surface area contributed by atoms with Crippen molar-refractivity contribution >= 4 is 0 Å². The van der Waals surface area contributed by atoms with Gasteiger partial charge in [-0.25, -0.2) is 9.97 Å². The Labute approximate surface area is 192 Å². The van der Waals surface area contributed by atoms with Crippen LogP contribution in [0.25, 0.3) is 11.4 Å². The van der Waals surface area contributed by atoms with Crippen LogP contribution in [0.1, 0.15) is 128 Å². The summed E-state index contributed by atoms with van der Waals surface area (Å²) in [4.78, 5) is 9.34. The zero-order chi connectivity index (χ0) is 22.2. The SMILES string of the molecule is CCCCCCCCCc1ccc(-c2ncc(C(C)CCCCCCCC)cn2)cc1. The molecule has 0 aliphatic rings. The van der Waals surface area contributed by atoms with Crippen molar-refractivity contribution in [3.05, 3.63) is 47.8 Å². The number of unbranched alkanes of at least 4 members (excludes halogenated alkanes) is 11. The molecule has 31 heavy (non-hydrogen) atoms. The summed E-state index contributed by atoms with van der Waals surface area (Å²) in [6, 6.07) is 8.88. The van der Waals surface area contributed by atoms with Gasteiger partial charge >= 0.3 is 0 Å². The maximum Gasteiger partial charge on any atom is 0.159 e. The van der Waals surface area contributed by atoms with E-state index < -0.39 is 0 Å². The van der Waals surface area contributed by atoms with Gasteiger partial charge in [-0.2, -0.15) is 0 Å². The average molecular weight is 423 g/mol. The van der Waals surface area contributed by atoms with Crippen molar-refractivity contribution < 1.29 is 0 Å². The van der Waals surface area contributed by atoms with Gasteiger partial charge in [0, 0.05) is 18.0 Å². The van der Waals surface area contributed by atoms with Crippen molar-refractivity contribution in [1.82, 2.24) is 9.97 Å². The standard InChI is InChI=1S/C29H46N2/c1-4-6-8-10-12-14-16-18-26-19-21-27(22-20-26)29-30-23-28(24-31-29)25(3)17-15-13-11-9-7-5-2/h19-25H,4-18H2,1-3H3. The molecule has 0 bridgehead atoms. The Morgan fingerprint density at radius 2 is 1.16 bits per heavy atom. The van der Waals surface area contributed by atoms with E-state index in [1.807, 2.05) is 12.4 Å². The molecule has 0 N–H and O–H groups in total. The molecule has 0 saturated heterocycles. The number of aryl methyl sites for hydroxylation is 1. The molecule has 2 aromatic rings. The predicted molar refractivity (Wildman–Crippen MR) is 136 cm³/mol. The van der Waals surface area contributed by atoms with Gasteiger partial charge < -0.3 is 0 Å². The zero-order valence-corrected chi connectivity index (χ0v) is 20.5. The number of hydrogen-bond donors (Lipinski definition) is 0. The Bertz CT molecular complexity index is 675. The molecule has 0 aliphatic heterocycles. The van der Waals surface area contributed by atoms with E-state index in [1.165, 1.54) is 107 Å². The first kappa shape index (κ1) is 25.6. The number of nitrogens with zero attached hydrogens (tertiary/aromatic N) is 2. The molecule has 0 saturated carbocycles. The summed E-state index contributed by atoms with van der Waals surface area (Å²) in [5.74, 6) is 1.39. The molecule has 0 fully saturated rings. The number of benzene rings is 1. The molecule has 0 amide bonds. The second-order valence-electron chi connectivity index (χ2n) is 9.37. The Balaban J connectivity index is 1.71. The van der Waals surface area contributed by atoms with Crippen LogP contribution in [0.5, 0.6) is 0 Å². The van der Waals surface area contributed by atoms with Crippen LogP contribution in [0.3, 0.4) is 0 Å². The van der Waals surface area contributed by atoms with E-state index in [2.05, 4.69) is 55.0 Å². The molecule has 0 radical (unpaired) electrons. The van der Waals surface area contributed by atoms with Crippen molar-refractivity contribution in [3.63, 3.8) is 0 Å². The summed E-state index contributed by atoms with van der Waals surface area (Å²) in [6.07, 6.45) is 24.2. The molecule has 1 aromatic heterocycles. The molecule has 1 atom stereocenters. The van der Waals surface area contributed by atoms with E-state index in [4.69, 9.17) is 0 Å². The predicted octanol–water partition coefficient (Wildman–Crippen LogP) is 9.29. The van der Waals surface area contributed by atoms with Gasteiger partial charge in [-0.3, -0.25) is 0 Å². The minimum absolute atomic E-state index is 0.546. The van der Waals surface area contributed by atoms with Gasteiger partial charge in [-0.1, -0.05) is 122 Å². The first-order valence-corrected chi connectivity index (χ1v) is 13.2. The molecule has 1 aromatic carbocycles. The second kappa shape index (κ2) is 16.0. The van der Waals surface area contributed by atoms with Crippen LogP contribution in [-0.4, -0.2) is 9.97 Å². The molecule has 1 heterocycles. The van der Waals surface area contributed by atoms with E-state index in [0.717, 1.165) is 11.4 Å². The topological polar surface area (TPSA) is 25.8 Å². The highest BCUT2D eigenvalue weighted by atomic mass is 14.9. The third-order valence-electron chi connectivity index (χ3n) is 6.51. The lowest BCUT2D eigenvalue weighted by Crippen LogP contribution is -1.98. The van der Waals surface area contributed by atoms with Crippen LogP contribution in [0.15, 0.2) is 36.7 Å². The minimum Gasteiger partial charge on any atom is -0.236 e. The monoisotopic (exact) mass is 422 g/mol. The van der Waals surface area contributed by atoms with Crippen molar-refractivity contribution in [2.45, 2.75) is 123 Å². The maximum atomic E-state index is 4.67. The molecule has 2 heteroatoms. The fraction of sp³-hybridized carbons (Fsp3) is 0.655. The summed E-state index contributed by atoms with van der Waals surface area (Å²) in [5, 5.41) is 0. The zero-order valence-electron chi connectivity index (χ0n) is 20.5. The number of aromatic nitrogens is 2. The van der Waals surface area contributed by atoms with E-state index in [0.29, 0.717) is 5.92 Å². The first-order valence-electron chi connectivity index (χ1n) is 13.2. The lowest BCUT2D eigenvalue weighted by atomic mass is 9.97. The van der Waals surface area contributed by atoms with E-state index in [-0.39, 0.29) is 0 Å². The van der Waals surface area contributed by atoms with Crippen LogP contribution in [-0.2, 0) is 6.42 Å². The third-order valence-corrected chi connectivity index (χ3v) is 6.51.